The van der Waals surface area contributed by atoms with Gasteiger partial charge in [-0.2, -0.15) is 0 Å². The van der Waals surface area contributed by atoms with Crippen LogP contribution < -0.4 is 0 Å². The summed E-state index contributed by atoms with van der Waals surface area (Å²) in [6, 6.07) is 40.2. The molecule has 0 saturated carbocycles. The van der Waals surface area contributed by atoms with Crippen LogP contribution in [0.4, 0.5) is 0 Å². The Morgan fingerprint density at radius 1 is 0.417 bits per heavy atom. The van der Waals surface area contributed by atoms with E-state index in [9.17, 15) is 0 Å². The summed E-state index contributed by atoms with van der Waals surface area (Å²) >= 11 is 0. The first-order valence-corrected chi connectivity index (χ1v) is 12.0. The van der Waals surface area contributed by atoms with Crippen molar-refractivity contribution >= 4 is 32.6 Å². The Kier molecular flexibility index (Phi) is 4.78. The summed E-state index contributed by atoms with van der Waals surface area (Å²) in [6.45, 7) is 0. The van der Waals surface area contributed by atoms with Gasteiger partial charge in [-0.25, -0.2) is 9.97 Å². The van der Waals surface area contributed by atoms with Crippen LogP contribution in [0.2, 0.25) is 0 Å². The molecule has 0 radical (unpaired) electrons. The van der Waals surface area contributed by atoms with Crippen LogP contribution in [0.1, 0.15) is 0 Å². The maximum atomic E-state index is 5.08. The van der Waals surface area contributed by atoms with Crippen molar-refractivity contribution in [2.45, 2.75) is 0 Å². The third-order valence-electron chi connectivity index (χ3n) is 6.76. The standard InChI is InChI=1S/C33H21N3/c1-2-6-28-22(4-1)5-3-7-29(28)31-15-13-24-9-11-27(21-33(24)36-31)26-10-8-23-12-14-30(35-32(23)20-26)25-16-18-34-19-17-25/h1-21H. The van der Waals surface area contributed by atoms with Crippen LogP contribution in [0, 0.1) is 0 Å². The quantitative estimate of drug-likeness (QED) is 0.267. The van der Waals surface area contributed by atoms with Gasteiger partial charge in [0.25, 0.3) is 0 Å². The number of nitrogens with zero attached hydrogens (tertiary/aromatic N) is 3. The van der Waals surface area contributed by atoms with Gasteiger partial charge in [0.05, 0.1) is 22.4 Å². The van der Waals surface area contributed by atoms with Crippen molar-refractivity contribution in [3.8, 4) is 33.6 Å². The van der Waals surface area contributed by atoms with Gasteiger partial charge >= 0.3 is 0 Å². The lowest BCUT2D eigenvalue weighted by molar-refractivity contribution is 1.31. The second-order valence-corrected chi connectivity index (χ2v) is 8.97. The van der Waals surface area contributed by atoms with Crippen LogP contribution in [0.3, 0.4) is 0 Å². The highest BCUT2D eigenvalue weighted by atomic mass is 14.7. The number of fused-ring (bicyclic) bond motifs is 3. The molecule has 0 amide bonds. The van der Waals surface area contributed by atoms with Crippen LogP contribution in [0.25, 0.3) is 66.2 Å². The molecule has 3 nitrogen and oxygen atoms in total. The van der Waals surface area contributed by atoms with Gasteiger partial charge in [0.15, 0.2) is 0 Å². The third kappa shape index (κ3) is 3.58. The number of hydrogen-bond donors (Lipinski definition) is 0. The molecule has 0 N–H and O–H groups in total. The number of benzene rings is 4. The first-order chi connectivity index (χ1) is 17.8. The minimum atomic E-state index is 0.946. The second kappa shape index (κ2) is 8.40. The Bertz CT molecular complexity index is 1890. The van der Waals surface area contributed by atoms with E-state index >= 15 is 0 Å². The Morgan fingerprint density at radius 2 is 1.03 bits per heavy atom. The van der Waals surface area contributed by atoms with Crippen molar-refractivity contribution in [1.82, 2.24) is 15.0 Å². The summed E-state index contributed by atoms with van der Waals surface area (Å²) < 4.78 is 0. The van der Waals surface area contributed by atoms with Crippen molar-refractivity contribution < 1.29 is 0 Å². The molecule has 4 aromatic carbocycles. The number of hydrogen-bond acceptors (Lipinski definition) is 3. The lowest BCUT2D eigenvalue weighted by Crippen LogP contribution is -1.89. The van der Waals surface area contributed by atoms with Gasteiger partial charge in [-0.05, 0) is 58.3 Å². The van der Waals surface area contributed by atoms with Gasteiger partial charge in [-0.3, -0.25) is 4.98 Å². The molecule has 0 fully saturated rings. The highest BCUT2D eigenvalue weighted by Gasteiger charge is 2.08. The summed E-state index contributed by atoms with van der Waals surface area (Å²) in [6.07, 6.45) is 3.60. The van der Waals surface area contributed by atoms with Gasteiger partial charge in [-0.1, -0.05) is 78.9 Å². The van der Waals surface area contributed by atoms with Crippen LogP contribution >= 0.6 is 0 Å². The Balaban J connectivity index is 1.32. The van der Waals surface area contributed by atoms with Crippen LogP contribution in [-0.2, 0) is 0 Å². The Labute approximate surface area is 208 Å². The smallest absolute Gasteiger partial charge is 0.0715 e. The average Bonchev–Trinajstić information content (AvgIpc) is 2.96. The first-order valence-electron chi connectivity index (χ1n) is 12.0. The molecule has 0 aliphatic heterocycles. The van der Waals surface area contributed by atoms with Crippen molar-refractivity contribution in [2.75, 3.05) is 0 Å². The minimum Gasteiger partial charge on any atom is -0.265 e. The highest BCUT2D eigenvalue weighted by Crippen LogP contribution is 2.31. The molecule has 0 aliphatic carbocycles. The van der Waals surface area contributed by atoms with E-state index < -0.39 is 0 Å². The number of pyridine rings is 3. The molecule has 0 atom stereocenters. The van der Waals surface area contributed by atoms with E-state index in [1.165, 1.54) is 10.8 Å². The van der Waals surface area contributed by atoms with Gasteiger partial charge in [-0.15, -0.1) is 0 Å². The lowest BCUT2D eigenvalue weighted by Gasteiger charge is -2.09. The van der Waals surface area contributed by atoms with Gasteiger partial charge in [0.1, 0.15) is 0 Å². The van der Waals surface area contributed by atoms with E-state index in [0.717, 1.165) is 55.4 Å². The van der Waals surface area contributed by atoms with Crippen molar-refractivity contribution in [3.05, 3.63) is 128 Å². The van der Waals surface area contributed by atoms with Gasteiger partial charge in [0.2, 0.25) is 0 Å². The predicted molar refractivity (Wildman–Crippen MR) is 149 cm³/mol. The van der Waals surface area contributed by atoms with E-state index in [0.29, 0.717) is 0 Å². The van der Waals surface area contributed by atoms with E-state index in [1.54, 1.807) is 12.4 Å². The van der Waals surface area contributed by atoms with E-state index in [4.69, 9.17) is 9.97 Å². The molecule has 3 aromatic heterocycles. The number of rotatable bonds is 3. The molecular formula is C33H21N3. The fraction of sp³-hybridized carbons (Fsp3) is 0. The fourth-order valence-electron chi connectivity index (χ4n) is 4.88. The molecule has 0 saturated heterocycles. The third-order valence-corrected chi connectivity index (χ3v) is 6.76. The highest BCUT2D eigenvalue weighted by molar-refractivity contribution is 5.97. The second-order valence-electron chi connectivity index (χ2n) is 8.97. The van der Waals surface area contributed by atoms with E-state index in [-0.39, 0.29) is 0 Å². The topological polar surface area (TPSA) is 38.7 Å². The zero-order chi connectivity index (χ0) is 23.9. The van der Waals surface area contributed by atoms with E-state index in [1.807, 2.05) is 12.1 Å². The summed E-state index contributed by atoms with van der Waals surface area (Å²) in [5.41, 5.74) is 8.35. The molecule has 3 heteroatoms. The maximum absolute atomic E-state index is 5.08. The molecule has 7 aromatic rings. The molecule has 0 spiro atoms. The minimum absolute atomic E-state index is 0.946. The van der Waals surface area contributed by atoms with E-state index in [2.05, 4.69) is 108 Å². The van der Waals surface area contributed by atoms with Crippen molar-refractivity contribution in [3.63, 3.8) is 0 Å². The predicted octanol–water partition coefficient (Wildman–Crippen LogP) is 8.33. The zero-order valence-corrected chi connectivity index (χ0v) is 19.5. The summed E-state index contributed by atoms with van der Waals surface area (Å²) in [7, 11) is 0. The average molecular weight is 460 g/mol. The summed E-state index contributed by atoms with van der Waals surface area (Å²) in [5.74, 6) is 0. The summed E-state index contributed by atoms with van der Waals surface area (Å²) in [5, 5.41) is 4.68. The summed E-state index contributed by atoms with van der Waals surface area (Å²) in [4.78, 5) is 14.1. The molecule has 3 heterocycles. The SMILES string of the molecule is c1ccc2c(-c3ccc4ccc(-c5ccc6ccc(-c7ccncc7)nc6c5)cc4n3)cccc2c1. The normalized spacial score (nSPS) is 11.3. The van der Waals surface area contributed by atoms with Crippen LogP contribution in [0.5, 0.6) is 0 Å². The molecule has 168 valence electrons. The zero-order valence-electron chi connectivity index (χ0n) is 19.5. The molecule has 0 unspecified atom stereocenters. The van der Waals surface area contributed by atoms with Crippen molar-refractivity contribution in [1.29, 1.82) is 0 Å². The fourth-order valence-corrected chi connectivity index (χ4v) is 4.88. The van der Waals surface area contributed by atoms with Gasteiger partial charge in [0, 0.05) is 34.3 Å². The lowest BCUT2D eigenvalue weighted by atomic mass is 9.99. The first kappa shape index (κ1) is 20.5. The molecule has 36 heavy (non-hydrogen) atoms. The van der Waals surface area contributed by atoms with Gasteiger partial charge < -0.3 is 0 Å². The monoisotopic (exact) mass is 459 g/mol. The molecular weight excluding hydrogens is 438 g/mol. The maximum Gasteiger partial charge on any atom is 0.0715 e. The van der Waals surface area contributed by atoms with Crippen LogP contribution in [-0.4, -0.2) is 15.0 Å². The molecule has 0 bridgehead atoms. The number of aromatic nitrogens is 3. The van der Waals surface area contributed by atoms with Crippen molar-refractivity contribution in [2.24, 2.45) is 0 Å². The Morgan fingerprint density at radius 3 is 1.78 bits per heavy atom. The largest absolute Gasteiger partial charge is 0.265 e. The van der Waals surface area contributed by atoms with Crippen LogP contribution in [0.15, 0.2) is 128 Å². The molecule has 7 rings (SSSR count). The molecule has 0 aliphatic rings. The Hall–Kier alpha value is -4.89.